The van der Waals surface area contributed by atoms with Gasteiger partial charge in [0.25, 0.3) is 17.4 Å². The molecule has 3 aromatic heterocycles. The maximum Gasteiger partial charge on any atom is 0.276 e. The fraction of sp³-hybridized carbons (Fsp3) is 0.409. The van der Waals surface area contributed by atoms with E-state index in [4.69, 9.17) is 0 Å². The van der Waals surface area contributed by atoms with Crippen molar-refractivity contribution in [2.75, 3.05) is 39.5 Å². The highest BCUT2D eigenvalue weighted by molar-refractivity contribution is 7.20. The minimum Gasteiger partial charge on any atom is -0.340 e. The van der Waals surface area contributed by atoms with Gasteiger partial charge >= 0.3 is 0 Å². The number of hydrogen-bond acceptors (Lipinski definition) is 8. The summed E-state index contributed by atoms with van der Waals surface area (Å²) in [5.41, 5.74) is 0.150. The fourth-order valence-corrected chi connectivity index (χ4v) is 4.86. The Balaban J connectivity index is 1.70. The number of nitrogens with one attached hydrogen (secondary N) is 2. The molecule has 11 heteroatoms. The average molecular weight is 470 g/mol. The van der Waals surface area contributed by atoms with Gasteiger partial charge in [-0.1, -0.05) is 0 Å². The molecule has 174 valence electrons. The molecule has 3 aromatic rings. The number of nitrogens with zero attached hydrogens (tertiary/aromatic N) is 5. The highest BCUT2D eigenvalue weighted by Crippen LogP contribution is 2.31. The van der Waals surface area contributed by atoms with Crippen LogP contribution < -0.4 is 16.2 Å². The Labute approximate surface area is 195 Å². The number of likely N-dealkylation sites (N-methyl/N-ethyl adjacent to an activating group) is 2. The molecule has 0 aromatic carbocycles. The van der Waals surface area contributed by atoms with E-state index in [0.29, 0.717) is 44.4 Å². The molecule has 33 heavy (non-hydrogen) atoms. The largest absolute Gasteiger partial charge is 0.340 e. The van der Waals surface area contributed by atoms with Crippen molar-refractivity contribution in [1.82, 2.24) is 29.7 Å². The number of anilines is 2. The molecule has 2 N–H and O–H groups in total. The summed E-state index contributed by atoms with van der Waals surface area (Å²) in [4.78, 5) is 52.0. The number of rotatable bonds is 6. The lowest BCUT2D eigenvalue weighted by molar-refractivity contribution is 0.0790. The third-order valence-corrected chi connectivity index (χ3v) is 6.64. The summed E-state index contributed by atoms with van der Waals surface area (Å²) in [7, 11) is 5.69. The number of carbonyl (C=O) groups is 2. The Bertz CT molecular complexity index is 1330. The van der Waals surface area contributed by atoms with E-state index in [1.54, 1.807) is 44.9 Å². The molecule has 0 fully saturated rings. The lowest BCUT2D eigenvalue weighted by Gasteiger charge is -2.22. The highest BCUT2D eigenvalue weighted by atomic mass is 32.1. The van der Waals surface area contributed by atoms with Crippen LogP contribution in [0.2, 0.25) is 0 Å². The summed E-state index contributed by atoms with van der Waals surface area (Å²) >= 11 is 1.29. The summed E-state index contributed by atoms with van der Waals surface area (Å²) in [6, 6.07) is 3.40. The monoisotopic (exact) mass is 469 g/mol. The number of thiophene rings is 1. The van der Waals surface area contributed by atoms with E-state index in [1.807, 2.05) is 19.0 Å². The van der Waals surface area contributed by atoms with Crippen LogP contribution in [0.25, 0.3) is 10.2 Å². The number of pyridine rings is 1. The summed E-state index contributed by atoms with van der Waals surface area (Å²) < 4.78 is 1.47. The van der Waals surface area contributed by atoms with Crippen LogP contribution in [0.5, 0.6) is 0 Å². The fourth-order valence-electron chi connectivity index (χ4n) is 3.87. The van der Waals surface area contributed by atoms with E-state index in [1.165, 1.54) is 22.2 Å². The molecule has 0 aliphatic carbocycles. The SMILES string of the molecule is Cc1cc(Nc2ncnc3sc(C(=O)N(C)CCN(C)C)cc23)c(=O)n2c1C(=O)NC2(C)C. The molecule has 2 amide bonds. The van der Waals surface area contributed by atoms with Gasteiger partial charge in [0.05, 0.1) is 10.3 Å². The molecule has 0 unspecified atom stereocenters. The third kappa shape index (κ3) is 4.09. The number of carbonyl (C=O) groups excluding carboxylic acids is 2. The first kappa shape index (κ1) is 22.9. The molecule has 1 aliphatic rings. The second-order valence-electron chi connectivity index (χ2n) is 8.95. The van der Waals surface area contributed by atoms with E-state index < -0.39 is 5.66 Å². The number of amides is 2. The standard InChI is InChI=1S/C22H27N7O3S/c1-12-9-14(20(31)29-16(12)18(30)26-22(29,2)3)25-17-13-10-15(33-19(13)24-11-23-17)21(32)28(6)8-7-27(4)5/h9-11H,7-8H2,1-6H3,(H,26,30)(H,23,24,25). The summed E-state index contributed by atoms with van der Waals surface area (Å²) in [5.74, 6) is 0.0638. The summed E-state index contributed by atoms with van der Waals surface area (Å²) in [6.45, 7) is 6.70. The van der Waals surface area contributed by atoms with Crippen molar-refractivity contribution in [3.63, 3.8) is 0 Å². The lowest BCUT2D eigenvalue weighted by Crippen LogP contribution is -2.42. The topological polar surface area (TPSA) is 112 Å². The van der Waals surface area contributed by atoms with Gasteiger partial charge in [0.1, 0.15) is 34.0 Å². The van der Waals surface area contributed by atoms with Crippen molar-refractivity contribution in [3.8, 4) is 0 Å². The number of hydrogen-bond donors (Lipinski definition) is 2. The molecule has 4 heterocycles. The maximum absolute atomic E-state index is 13.2. The van der Waals surface area contributed by atoms with Crippen LogP contribution in [0, 0.1) is 6.92 Å². The van der Waals surface area contributed by atoms with Crippen LogP contribution >= 0.6 is 11.3 Å². The van der Waals surface area contributed by atoms with Crippen LogP contribution in [0.1, 0.15) is 39.6 Å². The number of aromatic nitrogens is 3. The zero-order chi connectivity index (χ0) is 24.1. The van der Waals surface area contributed by atoms with Crippen LogP contribution in [0.3, 0.4) is 0 Å². The second kappa shape index (κ2) is 8.23. The van der Waals surface area contributed by atoms with Gasteiger partial charge in [-0.15, -0.1) is 11.3 Å². The second-order valence-corrected chi connectivity index (χ2v) is 9.98. The predicted molar refractivity (Wildman–Crippen MR) is 128 cm³/mol. The summed E-state index contributed by atoms with van der Waals surface area (Å²) in [6.07, 6.45) is 1.40. The van der Waals surface area contributed by atoms with Gasteiger partial charge in [-0.2, -0.15) is 0 Å². The Kier molecular flexibility index (Phi) is 5.71. The first-order valence-electron chi connectivity index (χ1n) is 10.5. The minimum absolute atomic E-state index is 0.0921. The van der Waals surface area contributed by atoms with Crippen LogP contribution in [-0.4, -0.2) is 70.4 Å². The van der Waals surface area contributed by atoms with Gasteiger partial charge in [0, 0.05) is 20.1 Å². The van der Waals surface area contributed by atoms with E-state index in [0.717, 1.165) is 6.54 Å². The van der Waals surface area contributed by atoms with Crippen LogP contribution in [0.4, 0.5) is 11.5 Å². The first-order valence-corrected chi connectivity index (χ1v) is 11.3. The van der Waals surface area contributed by atoms with Gasteiger partial charge in [-0.3, -0.25) is 19.0 Å². The Morgan fingerprint density at radius 1 is 1.18 bits per heavy atom. The molecule has 0 atom stereocenters. The van der Waals surface area contributed by atoms with Gasteiger partial charge in [0.2, 0.25) is 0 Å². The molecule has 0 bridgehead atoms. The van der Waals surface area contributed by atoms with E-state index in [9.17, 15) is 14.4 Å². The minimum atomic E-state index is -0.841. The number of aryl methyl sites for hydroxylation is 1. The molecular formula is C22H27N7O3S. The highest BCUT2D eigenvalue weighted by Gasteiger charge is 2.37. The Hall–Kier alpha value is -3.31. The predicted octanol–water partition coefficient (Wildman–Crippen LogP) is 1.97. The lowest BCUT2D eigenvalue weighted by atomic mass is 10.1. The maximum atomic E-state index is 13.2. The first-order chi connectivity index (χ1) is 15.5. The summed E-state index contributed by atoms with van der Waals surface area (Å²) in [5, 5.41) is 6.60. The smallest absolute Gasteiger partial charge is 0.276 e. The molecule has 0 spiro atoms. The Morgan fingerprint density at radius 3 is 2.61 bits per heavy atom. The molecular weight excluding hydrogens is 442 g/mol. The quantitative estimate of drug-likeness (QED) is 0.568. The van der Waals surface area contributed by atoms with Crippen molar-refractivity contribution in [1.29, 1.82) is 0 Å². The van der Waals surface area contributed by atoms with Crippen LogP contribution in [0.15, 0.2) is 23.3 Å². The molecule has 0 saturated carbocycles. The normalized spacial score (nSPS) is 14.5. The van der Waals surface area contributed by atoms with Gasteiger partial charge in [-0.05, 0) is 52.6 Å². The van der Waals surface area contributed by atoms with Crippen molar-refractivity contribution < 1.29 is 9.59 Å². The average Bonchev–Trinajstić information content (AvgIpc) is 3.28. The van der Waals surface area contributed by atoms with Crippen LogP contribution in [-0.2, 0) is 5.66 Å². The molecule has 0 radical (unpaired) electrons. The van der Waals surface area contributed by atoms with Crippen molar-refractivity contribution in [2.45, 2.75) is 26.4 Å². The molecule has 1 aliphatic heterocycles. The molecule has 0 saturated heterocycles. The Morgan fingerprint density at radius 2 is 1.91 bits per heavy atom. The third-order valence-electron chi connectivity index (χ3n) is 5.61. The molecule has 4 rings (SSSR count). The zero-order valence-corrected chi connectivity index (χ0v) is 20.3. The number of fused-ring (bicyclic) bond motifs is 2. The van der Waals surface area contributed by atoms with Gasteiger partial charge in [-0.25, -0.2) is 9.97 Å². The van der Waals surface area contributed by atoms with E-state index >= 15 is 0 Å². The van der Waals surface area contributed by atoms with Crippen molar-refractivity contribution in [2.24, 2.45) is 0 Å². The van der Waals surface area contributed by atoms with Crippen molar-refractivity contribution in [3.05, 3.63) is 44.9 Å². The van der Waals surface area contributed by atoms with Gasteiger partial charge < -0.3 is 20.4 Å². The van der Waals surface area contributed by atoms with Gasteiger partial charge in [0.15, 0.2) is 0 Å². The van der Waals surface area contributed by atoms with Crippen molar-refractivity contribution >= 4 is 44.9 Å². The molecule has 10 nitrogen and oxygen atoms in total. The zero-order valence-electron chi connectivity index (χ0n) is 19.5. The van der Waals surface area contributed by atoms with E-state index in [-0.39, 0.29) is 17.4 Å². The van der Waals surface area contributed by atoms with E-state index in [2.05, 4.69) is 20.6 Å².